The van der Waals surface area contributed by atoms with Crippen molar-refractivity contribution in [2.24, 2.45) is 0 Å². The summed E-state index contributed by atoms with van der Waals surface area (Å²) in [6, 6.07) is 21.7. The van der Waals surface area contributed by atoms with Gasteiger partial charge in [0.15, 0.2) is 0 Å². The number of aromatic amines is 2. The van der Waals surface area contributed by atoms with Crippen LogP contribution < -0.4 is 5.32 Å². The number of carbonyl (C=O) groups is 1. The molecule has 1 amide bonds. The molecule has 3 N–H and O–H groups in total. The molecule has 5 heteroatoms. The first-order chi connectivity index (χ1) is 14.2. The Balaban J connectivity index is 0.000000755. The third-order valence-corrected chi connectivity index (χ3v) is 4.24. The van der Waals surface area contributed by atoms with Crippen LogP contribution in [0.1, 0.15) is 36.3 Å². The molecule has 0 fully saturated rings. The molecule has 0 aliphatic heterocycles. The Kier molecular flexibility index (Phi) is 7.00. The topological polar surface area (TPSA) is 73.6 Å². The molecule has 0 bridgehead atoms. The lowest BCUT2D eigenvalue weighted by atomic mass is 10.0. The third kappa shape index (κ3) is 5.23. The van der Waals surface area contributed by atoms with Crippen molar-refractivity contribution in [2.75, 3.05) is 0 Å². The standard InChI is InChI=1S/C21H18N4O.C3H8/c26-21(23-12-15-7-3-1-4-8-15)19-11-17(13-22-19)20-18(14-24-25-20)16-9-5-2-6-10-16;1-3-2/h1-11,13-14,22H,12H2,(H,23,26)(H,24,25);3H2,1-2H3. The van der Waals surface area contributed by atoms with Gasteiger partial charge in [0.2, 0.25) is 0 Å². The summed E-state index contributed by atoms with van der Waals surface area (Å²) in [5, 5.41) is 10.1. The minimum atomic E-state index is -0.138. The zero-order chi connectivity index (χ0) is 20.5. The monoisotopic (exact) mass is 386 g/mol. The summed E-state index contributed by atoms with van der Waals surface area (Å²) < 4.78 is 0. The molecule has 2 aromatic carbocycles. The maximum atomic E-state index is 12.4. The van der Waals surface area contributed by atoms with Crippen LogP contribution in [0, 0.1) is 0 Å². The number of benzene rings is 2. The second-order valence-corrected chi connectivity index (χ2v) is 6.70. The first-order valence-corrected chi connectivity index (χ1v) is 9.82. The highest BCUT2D eigenvalue weighted by molar-refractivity contribution is 5.94. The van der Waals surface area contributed by atoms with Crippen molar-refractivity contribution in [1.29, 1.82) is 0 Å². The first kappa shape index (κ1) is 20.1. The number of hydrogen-bond acceptors (Lipinski definition) is 2. The van der Waals surface area contributed by atoms with E-state index in [1.165, 1.54) is 6.42 Å². The van der Waals surface area contributed by atoms with Crippen LogP contribution in [0.2, 0.25) is 0 Å². The first-order valence-electron chi connectivity index (χ1n) is 9.82. The SMILES string of the molecule is CCC.O=C(NCc1ccccc1)c1cc(-c2[nH]ncc2-c2ccccc2)c[nH]1. The van der Waals surface area contributed by atoms with Crippen LogP contribution >= 0.6 is 0 Å². The lowest BCUT2D eigenvalue weighted by molar-refractivity contribution is 0.0946. The molecule has 0 unspecified atom stereocenters. The van der Waals surface area contributed by atoms with Crippen LogP contribution in [0.25, 0.3) is 22.4 Å². The number of hydrogen-bond donors (Lipinski definition) is 3. The quantitative estimate of drug-likeness (QED) is 0.428. The average Bonchev–Trinajstić information content (AvgIpc) is 3.43. The molecule has 148 valence electrons. The van der Waals surface area contributed by atoms with E-state index in [0.717, 1.165) is 27.9 Å². The van der Waals surface area contributed by atoms with Gasteiger partial charge in [-0.2, -0.15) is 5.10 Å². The average molecular weight is 386 g/mol. The van der Waals surface area contributed by atoms with Crippen LogP contribution in [0.4, 0.5) is 0 Å². The Labute approximate surface area is 171 Å². The summed E-state index contributed by atoms with van der Waals surface area (Å²) in [5.74, 6) is -0.138. The van der Waals surface area contributed by atoms with Gasteiger partial charge in [-0.1, -0.05) is 80.9 Å². The van der Waals surface area contributed by atoms with Gasteiger partial charge >= 0.3 is 0 Å². The molecule has 4 rings (SSSR count). The maximum absolute atomic E-state index is 12.4. The van der Waals surface area contributed by atoms with E-state index < -0.39 is 0 Å². The Morgan fingerprint density at radius 3 is 2.31 bits per heavy atom. The van der Waals surface area contributed by atoms with Crippen LogP contribution in [-0.2, 0) is 6.54 Å². The normalized spacial score (nSPS) is 10.1. The van der Waals surface area contributed by atoms with Crippen molar-refractivity contribution in [3.8, 4) is 22.4 Å². The van der Waals surface area contributed by atoms with Gasteiger partial charge in [-0.05, 0) is 17.2 Å². The molecule has 0 aliphatic carbocycles. The second kappa shape index (κ2) is 10.1. The summed E-state index contributed by atoms with van der Waals surface area (Å²) in [7, 11) is 0. The fourth-order valence-corrected chi connectivity index (χ4v) is 2.89. The van der Waals surface area contributed by atoms with Gasteiger partial charge in [0, 0.05) is 23.9 Å². The summed E-state index contributed by atoms with van der Waals surface area (Å²) in [5.41, 5.74) is 5.44. The van der Waals surface area contributed by atoms with Crippen molar-refractivity contribution in [3.63, 3.8) is 0 Å². The number of nitrogens with zero attached hydrogens (tertiary/aromatic N) is 1. The number of aromatic nitrogens is 3. The van der Waals surface area contributed by atoms with Crippen LogP contribution in [0.5, 0.6) is 0 Å². The minimum Gasteiger partial charge on any atom is -0.357 e. The maximum Gasteiger partial charge on any atom is 0.267 e. The van der Waals surface area contributed by atoms with Gasteiger partial charge in [0.05, 0.1) is 11.9 Å². The summed E-state index contributed by atoms with van der Waals surface area (Å²) in [4.78, 5) is 15.4. The highest BCUT2D eigenvalue weighted by Gasteiger charge is 2.14. The van der Waals surface area contributed by atoms with E-state index in [2.05, 4.69) is 34.3 Å². The smallest absolute Gasteiger partial charge is 0.267 e. The number of rotatable bonds is 5. The lowest BCUT2D eigenvalue weighted by Gasteiger charge is -2.03. The molecule has 0 atom stereocenters. The Morgan fingerprint density at radius 2 is 1.62 bits per heavy atom. The Morgan fingerprint density at radius 1 is 0.966 bits per heavy atom. The van der Waals surface area contributed by atoms with Crippen molar-refractivity contribution < 1.29 is 4.79 Å². The van der Waals surface area contributed by atoms with E-state index in [-0.39, 0.29) is 5.91 Å². The summed E-state index contributed by atoms with van der Waals surface area (Å²) >= 11 is 0. The molecule has 0 aliphatic rings. The molecule has 0 spiro atoms. The summed E-state index contributed by atoms with van der Waals surface area (Å²) in [6.45, 7) is 4.74. The van der Waals surface area contributed by atoms with Crippen molar-refractivity contribution >= 4 is 5.91 Å². The number of nitrogens with one attached hydrogen (secondary N) is 3. The molecule has 2 heterocycles. The van der Waals surface area contributed by atoms with E-state index in [4.69, 9.17) is 0 Å². The molecule has 5 nitrogen and oxygen atoms in total. The summed E-state index contributed by atoms with van der Waals surface area (Å²) in [6.07, 6.45) is 4.87. The van der Waals surface area contributed by atoms with Gasteiger partial charge in [-0.15, -0.1) is 0 Å². The van der Waals surface area contributed by atoms with Gasteiger partial charge < -0.3 is 10.3 Å². The van der Waals surface area contributed by atoms with E-state index in [9.17, 15) is 4.79 Å². The zero-order valence-corrected chi connectivity index (χ0v) is 16.8. The fourth-order valence-electron chi connectivity index (χ4n) is 2.89. The molecular formula is C24H26N4O. The van der Waals surface area contributed by atoms with Gasteiger partial charge in [-0.25, -0.2) is 0 Å². The van der Waals surface area contributed by atoms with Crippen molar-refractivity contribution in [3.05, 3.63) is 90.4 Å². The van der Waals surface area contributed by atoms with E-state index in [1.807, 2.05) is 72.9 Å². The van der Waals surface area contributed by atoms with Gasteiger partial charge in [0.25, 0.3) is 5.91 Å². The minimum absolute atomic E-state index is 0.138. The molecule has 0 radical (unpaired) electrons. The molecular weight excluding hydrogens is 360 g/mol. The van der Waals surface area contributed by atoms with Crippen molar-refractivity contribution in [1.82, 2.24) is 20.5 Å². The van der Waals surface area contributed by atoms with E-state index in [0.29, 0.717) is 12.2 Å². The fraction of sp³-hybridized carbons (Fsp3) is 0.167. The molecule has 2 aromatic heterocycles. The number of amides is 1. The Hall–Kier alpha value is -3.60. The second-order valence-electron chi connectivity index (χ2n) is 6.70. The zero-order valence-electron chi connectivity index (χ0n) is 16.8. The Bertz CT molecular complexity index is 1020. The number of H-pyrrole nitrogens is 2. The largest absolute Gasteiger partial charge is 0.357 e. The van der Waals surface area contributed by atoms with Gasteiger partial charge in [0.1, 0.15) is 5.69 Å². The highest BCUT2D eigenvalue weighted by atomic mass is 16.1. The van der Waals surface area contributed by atoms with Crippen LogP contribution in [0.3, 0.4) is 0 Å². The van der Waals surface area contributed by atoms with Crippen LogP contribution in [-0.4, -0.2) is 21.1 Å². The van der Waals surface area contributed by atoms with Crippen LogP contribution in [0.15, 0.2) is 79.1 Å². The highest BCUT2D eigenvalue weighted by Crippen LogP contribution is 2.30. The van der Waals surface area contributed by atoms with E-state index >= 15 is 0 Å². The van der Waals surface area contributed by atoms with Crippen molar-refractivity contribution in [2.45, 2.75) is 26.8 Å². The third-order valence-electron chi connectivity index (χ3n) is 4.24. The number of carbonyl (C=O) groups excluding carboxylic acids is 1. The van der Waals surface area contributed by atoms with Gasteiger partial charge in [-0.3, -0.25) is 9.89 Å². The molecule has 29 heavy (non-hydrogen) atoms. The molecule has 0 saturated heterocycles. The molecule has 0 saturated carbocycles. The molecule has 4 aromatic rings. The predicted octanol–water partition coefficient (Wildman–Crippen LogP) is 5.42. The van der Waals surface area contributed by atoms with E-state index in [1.54, 1.807) is 6.20 Å². The lowest BCUT2D eigenvalue weighted by Crippen LogP contribution is -2.22. The predicted molar refractivity (Wildman–Crippen MR) is 117 cm³/mol.